The molecule has 3 aliphatic heterocycles. The zero-order chi connectivity index (χ0) is 42.8. The van der Waals surface area contributed by atoms with Crippen LogP contribution in [0.4, 0.5) is 28.4 Å². The molecule has 1 aromatic heterocycles. The van der Waals surface area contributed by atoms with Crippen molar-refractivity contribution < 1.29 is 4.42 Å². The molecule has 11 rings (SSSR count). The third-order valence-electron chi connectivity index (χ3n) is 15.5. The van der Waals surface area contributed by atoms with Gasteiger partial charge in [-0.1, -0.05) is 154 Å². The molecule has 4 aliphatic rings. The number of hydrogen-bond donors (Lipinski definition) is 0. The Morgan fingerprint density at radius 1 is 0.590 bits per heavy atom. The van der Waals surface area contributed by atoms with Crippen LogP contribution in [0.2, 0.25) is 5.02 Å². The lowest BCUT2D eigenvalue weighted by atomic mass is 9.33. The van der Waals surface area contributed by atoms with Crippen LogP contribution in [0.15, 0.2) is 108 Å². The maximum Gasteiger partial charge on any atom is 0.252 e. The fourth-order valence-corrected chi connectivity index (χ4v) is 12.0. The van der Waals surface area contributed by atoms with Gasteiger partial charge in [0.2, 0.25) is 0 Å². The van der Waals surface area contributed by atoms with Gasteiger partial charge in [0.1, 0.15) is 11.2 Å². The maximum absolute atomic E-state index is 7.50. The molecule has 2 atom stereocenters. The van der Waals surface area contributed by atoms with Crippen LogP contribution in [0.5, 0.6) is 0 Å². The number of hydrogen-bond acceptors (Lipinski definition) is 3. The Hall–Kier alpha value is -4.93. The molecule has 4 heterocycles. The smallest absolute Gasteiger partial charge is 0.252 e. The van der Waals surface area contributed by atoms with Crippen molar-refractivity contribution in [3.8, 4) is 11.1 Å². The summed E-state index contributed by atoms with van der Waals surface area (Å²) in [7, 11) is 0. The molecule has 0 bridgehead atoms. The van der Waals surface area contributed by atoms with Gasteiger partial charge in [-0.3, -0.25) is 0 Å². The van der Waals surface area contributed by atoms with E-state index in [1.807, 2.05) is 0 Å². The van der Waals surface area contributed by atoms with E-state index in [9.17, 15) is 0 Å². The van der Waals surface area contributed by atoms with Gasteiger partial charge in [0.05, 0.1) is 11.2 Å². The summed E-state index contributed by atoms with van der Waals surface area (Å²) in [6, 6.07) is 39.5. The number of rotatable bonds is 2. The van der Waals surface area contributed by atoms with Gasteiger partial charge in [0, 0.05) is 49.5 Å². The Morgan fingerprint density at radius 2 is 1.25 bits per heavy atom. The average molecular weight is 821 g/mol. The molecular formula is C56H58BClN2O. The predicted octanol–water partition coefficient (Wildman–Crippen LogP) is 14.2. The van der Waals surface area contributed by atoms with Gasteiger partial charge in [-0.15, -0.1) is 0 Å². The van der Waals surface area contributed by atoms with Gasteiger partial charge in [-0.2, -0.15) is 0 Å². The standard InChI is InChI=1S/C56H58BClN2O/c1-52(2,3)34-20-22-44(39(25-34)33-17-13-12-14-18-33)59-45-31-40-38-21-19-35(53(4,5)6)28-48(38)61-49(40)32-42(45)57-43-27-36(54(7,8)9)26-41-51(43)60(47-30-37(58)29-46(59)50(47)57)56(11)24-16-15-23-55(41,56)10/h12-14,17-22,25-32H,15-16,23-24H2,1-11H3. The summed E-state index contributed by atoms with van der Waals surface area (Å²) in [5.74, 6) is 0. The molecule has 0 spiro atoms. The highest BCUT2D eigenvalue weighted by Gasteiger charge is 2.61. The van der Waals surface area contributed by atoms with E-state index >= 15 is 0 Å². The first kappa shape index (κ1) is 39.0. The normalized spacial score (nSPS) is 20.6. The summed E-state index contributed by atoms with van der Waals surface area (Å²) >= 11 is 7.50. The third kappa shape index (κ3) is 5.43. The molecule has 7 aromatic rings. The Kier molecular flexibility index (Phi) is 8.04. The molecule has 2 unspecified atom stereocenters. The lowest BCUT2D eigenvalue weighted by molar-refractivity contribution is 0.195. The van der Waals surface area contributed by atoms with Crippen LogP contribution in [0, 0.1) is 0 Å². The molecular weight excluding hydrogens is 763 g/mol. The summed E-state index contributed by atoms with van der Waals surface area (Å²) in [5, 5.41) is 3.04. The number of furan rings is 1. The van der Waals surface area contributed by atoms with Crippen molar-refractivity contribution in [2.75, 3.05) is 9.80 Å². The monoisotopic (exact) mass is 820 g/mol. The van der Waals surface area contributed by atoms with Gasteiger partial charge in [-0.25, -0.2) is 0 Å². The van der Waals surface area contributed by atoms with Crippen molar-refractivity contribution in [2.45, 2.75) is 129 Å². The van der Waals surface area contributed by atoms with E-state index in [0.29, 0.717) is 0 Å². The molecule has 0 radical (unpaired) electrons. The first-order valence-corrected chi connectivity index (χ1v) is 23.0. The number of nitrogens with zero attached hydrogens (tertiary/aromatic N) is 2. The van der Waals surface area contributed by atoms with Gasteiger partial charge in [-0.05, 0) is 123 Å². The predicted molar refractivity (Wildman–Crippen MR) is 262 cm³/mol. The molecule has 1 saturated carbocycles. The second-order valence-electron chi connectivity index (χ2n) is 22.3. The summed E-state index contributed by atoms with van der Waals surface area (Å²) < 4.78 is 6.97. The van der Waals surface area contributed by atoms with Crippen LogP contribution in [-0.4, -0.2) is 12.3 Å². The molecule has 6 aromatic carbocycles. The van der Waals surface area contributed by atoms with Crippen molar-refractivity contribution in [2.24, 2.45) is 0 Å². The van der Waals surface area contributed by atoms with Crippen LogP contribution < -0.4 is 26.2 Å². The van der Waals surface area contributed by atoms with Crippen LogP contribution in [0.3, 0.4) is 0 Å². The van der Waals surface area contributed by atoms with Gasteiger partial charge < -0.3 is 14.2 Å². The number of halogens is 1. The van der Waals surface area contributed by atoms with Crippen molar-refractivity contribution in [3.05, 3.63) is 130 Å². The summed E-state index contributed by atoms with van der Waals surface area (Å²) in [4.78, 5) is 5.34. The molecule has 308 valence electrons. The van der Waals surface area contributed by atoms with E-state index in [-0.39, 0.29) is 33.9 Å². The summed E-state index contributed by atoms with van der Waals surface area (Å²) in [6.45, 7) is 26.0. The van der Waals surface area contributed by atoms with Crippen LogP contribution in [0.25, 0.3) is 33.1 Å². The lowest BCUT2D eigenvalue weighted by Gasteiger charge is -2.52. The Balaban J connectivity index is 1.29. The minimum atomic E-state index is -0.107. The number of benzene rings is 6. The molecule has 5 heteroatoms. The number of fused-ring (bicyclic) bond motifs is 10. The molecule has 1 aliphatic carbocycles. The van der Waals surface area contributed by atoms with E-state index in [2.05, 4.69) is 189 Å². The number of anilines is 5. The highest BCUT2D eigenvalue weighted by molar-refractivity contribution is 7.00. The van der Waals surface area contributed by atoms with E-state index in [0.717, 1.165) is 44.8 Å². The summed E-state index contributed by atoms with van der Waals surface area (Å²) in [5.41, 5.74) is 19.8. The summed E-state index contributed by atoms with van der Waals surface area (Å²) in [6.07, 6.45) is 4.78. The highest BCUT2D eigenvalue weighted by Crippen LogP contribution is 2.62. The first-order valence-electron chi connectivity index (χ1n) is 22.6. The van der Waals surface area contributed by atoms with Crippen LogP contribution >= 0.6 is 11.6 Å². The molecule has 0 amide bonds. The highest BCUT2D eigenvalue weighted by atomic mass is 35.5. The zero-order valence-electron chi connectivity index (χ0n) is 37.9. The topological polar surface area (TPSA) is 19.6 Å². The molecule has 61 heavy (non-hydrogen) atoms. The van der Waals surface area contributed by atoms with E-state index in [4.69, 9.17) is 16.0 Å². The maximum atomic E-state index is 7.50. The van der Waals surface area contributed by atoms with Crippen molar-refractivity contribution in [3.63, 3.8) is 0 Å². The van der Waals surface area contributed by atoms with Crippen LogP contribution in [-0.2, 0) is 21.7 Å². The average Bonchev–Trinajstić information content (AvgIpc) is 3.66. The third-order valence-corrected chi connectivity index (χ3v) is 15.7. The lowest BCUT2D eigenvalue weighted by Crippen LogP contribution is -2.64. The second-order valence-corrected chi connectivity index (χ2v) is 22.7. The second kappa shape index (κ2) is 12.6. The largest absolute Gasteiger partial charge is 0.456 e. The Labute approximate surface area is 368 Å². The molecule has 1 fully saturated rings. The van der Waals surface area contributed by atoms with Crippen LogP contribution in [0.1, 0.15) is 124 Å². The fraction of sp³-hybridized carbons (Fsp3) is 0.357. The molecule has 0 saturated heterocycles. The fourth-order valence-electron chi connectivity index (χ4n) is 11.8. The van der Waals surface area contributed by atoms with Crippen molar-refractivity contribution >= 4 is 85.1 Å². The van der Waals surface area contributed by atoms with Gasteiger partial charge in [0.15, 0.2) is 0 Å². The van der Waals surface area contributed by atoms with Gasteiger partial charge in [0.25, 0.3) is 6.71 Å². The quantitative estimate of drug-likeness (QED) is 0.162. The van der Waals surface area contributed by atoms with Crippen molar-refractivity contribution in [1.82, 2.24) is 0 Å². The SMILES string of the molecule is CC(C)(C)c1ccc(N2c3cc4c(cc3B3c5cc(C(C)(C)C)cc6c5N(c5cc(Cl)cc2c53)C2(C)CCCCC62C)oc2cc(C(C)(C)C)ccc24)c(-c2ccccc2)c1. The molecule has 3 nitrogen and oxygen atoms in total. The van der Waals surface area contributed by atoms with Crippen molar-refractivity contribution in [1.29, 1.82) is 0 Å². The Morgan fingerprint density at radius 3 is 1.97 bits per heavy atom. The minimum absolute atomic E-state index is 0.00441. The minimum Gasteiger partial charge on any atom is -0.456 e. The van der Waals surface area contributed by atoms with E-state index < -0.39 is 0 Å². The van der Waals surface area contributed by atoms with Gasteiger partial charge >= 0.3 is 0 Å². The zero-order valence-corrected chi connectivity index (χ0v) is 38.7. The molecule has 0 N–H and O–H groups in total. The van der Waals surface area contributed by atoms with E-state index in [1.165, 1.54) is 86.1 Å². The first-order chi connectivity index (χ1) is 28.8. The Bertz CT molecular complexity index is 3000. The van der Waals surface area contributed by atoms with E-state index in [1.54, 1.807) is 0 Å².